The quantitative estimate of drug-likeness (QED) is 0.803. The van der Waals surface area contributed by atoms with Crippen molar-refractivity contribution >= 4 is 6.08 Å². The van der Waals surface area contributed by atoms with Crippen molar-refractivity contribution in [3.63, 3.8) is 0 Å². The van der Waals surface area contributed by atoms with Gasteiger partial charge in [-0.25, -0.2) is 0 Å². The lowest BCUT2D eigenvalue weighted by molar-refractivity contribution is 0.196. The molecule has 3 fully saturated rings. The highest BCUT2D eigenvalue weighted by Gasteiger charge is 2.27. The number of nitrogens with zero attached hydrogens (tertiary/aromatic N) is 2. The van der Waals surface area contributed by atoms with Crippen LogP contribution in [-0.2, 0) is 0 Å². The lowest BCUT2D eigenvalue weighted by atomic mass is 10.1. The van der Waals surface area contributed by atoms with Crippen LogP contribution in [-0.4, -0.2) is 48.6 Å². The van der Waals surface area contributed by atoms with Gasteiger partial charge >= 0.3 is 0 Å². The Kier molecular flexibility index (Phi) is 3.77. The van der Waals surface area contributed by atoms with Crippen molar-refractivity contribution in [2.75, 3.05) is 32.7 Å². The van der Waals surface area contributed by atoms with Crippen molar-refractivity contribution in [1.82, 2.24) is 9.80 Å². The minimum Gasteiger partial charge on any atom is -0.302 e. The standard InChI is InChI=1S/C16H22N2/c1-2-5-15(6-3-1)7-4-10-18-14-13-17-11-8-16(18)9-12-17/h1-7,16H,8-14H2/b7-4+. The fraction of sp³-hybridized carbons (Fsp3) is 0.500. The first kappa shape index (κ1) is 11.9. The third kappa shape index (κ3) is 2.82. The number of piperidine rings is 1. The zero-order valence-electron chi connectivity index (χ0n) is 11.0. The molecule has 0 aliphatic carbocycles. The number of hydrogen-bond acceptors (Lipinski definition) is 2. The molecule has 18 heavy (non-hydrogen) atoms. The second kappa shape index (κ2) is 5.68. The minimum atomic E-state index is 0.823. The Labute approximate surface area is 110 Å². The van der Waals surface area contributed by atoms with Crippen LogP contribution in [0.25, 0.3) is 6.08 Å². The van der Waals surface area contributed by atoms with Gasteiger partial charge in [-0.05, 0) is 31.5 Å². The highest BCUT2D eigenvalue weighted by molar-refractivity contribution is 5.48. The van der Waals surface area contributed by atoms with Crippen LogP contribution in [0.15, 0.2) is 36.4 Å². The van der Waals surface area contributed by atoms with Gasteiger partial charge < -0.3 is 4.90 Å². The summed E-state index contributed by atoms with van der Waals surface area (Å²) in [6, 6.07) is 11.4. The van der Waals surface area contributed by atoms with Gasteiger partial charge in [0.05, 0.1) is 0 Å². The summed E-state index contributed by atoms with van der Waals surface area (Å²) in [5.41, 5.74) is 1.31. The van der Waals surface area contributed by atoms with Crippen LogP contribution in [0.3, 0.4) is 0 Å². The van der Waals surface area contributed by atoms with Crippen molar-refractivity contribution in [1.29, 1.82) is 0 Å². The summed E-state index contributed by atoms with van der Waals surface area (Å²) in [4.78, 5) is 5.27. The molecule has 3 aliphatic rings. The van der Waals surface area contributed by atoms with Gasteiger partial charge in [-0.1, -0.05) is 42.5 Å². The second-order valence-corrected chi connectivity index (χ2v) is 5.38. The van der Waals surface area contributed by atoms with Gasteiger partial charge in [-0.2, -0.15) is 0 Å². The SMILES string of the molecule is C(=C\c1ccccc1)/CN1CCN2CCC1CC2. The molecular formula is C16H22N2. The Morgan fingerprint density at radius 2 is 1.78 bits per heavy atom. The summed E-state index contributed by atoms with van der Waals surface area (Å²) in [5.74, 6) is 0. The smallest absolute Gasteiger partial charge is 0.0169 e. The first-order chi connectivity index (χ1) is 8.92. The predicted octanol–water partition coefficient (Wildman–Crippen LogP) is 2.48. The molecule has 1 aromatic carbocycles. The number of hydrogen-bond donors (Lipinski definition) is 0. The summed E-state index contributed by atoms with van der Waals surface area (Å²) in [7, 11) is 0. The lowest BCUT2D eigenvalue weighted by Gasteiger charge is -2.30. The van der Waals surface area contributed by atoms with Crippen LogP contribution < -0.4 is 0 Å². The molecule has 0 radical (unpaired) electrons. The van der Waals surface area contributed by atoms with Crippen LogP contribution in [0.1, 0.15) is 18.4 Å². The molecule has 4 rings (SSSR count). The number of fused-ring (bicyclic) bond motifs is 4. The van der Waals surface area contributed by atoms with E-state index >= 15 is 0 Å². The largest absolute Gasteiger partial charge is 0.302 e. The Bertz CT molecular complexity index is 391. The van der Waals surface area contributed by atoms with Crippen molar-refractivity contribution < 1.29 is 0 Å². The molecule has 0 unspecified atom stereocenters. The van der Waals surface area contributed by atoms with E-state index < -0.39 is 0 Å². The molecule has 0 amide bonds. The maximum absolute atomic E-state index is 2.66. The van der Waals surface area contributed by atoms with Crippen LogP contribution in [0.5, 0.6) is 0 Å². The maximum Gasteiger partial charge on any atom is 0.0169 e. The Hall–Kier alpha value is -1.12. The first-order valence-corrected chi connectivity index (χ1v) is 7.10. The van der Waals surface area contributed by atoms with E-state index in [1.54, 1.807) is 0 Å². The Balaban J connectivity index is 1.58. The van der Waals surface area contributed by atoms with E-state index in [-0.39, 0.29) is 0 Å². The summed E-state index contributed by atoms with van der Waals surface area (Å²) >= 11 is 0. The molecule has 2 nitrogen and oxygen atoms in total. The fourth-order valence-corrected chi connectivity index (χ4v) is 3.09. The van der Waals surface area contributed by atoms with Crippen LogP contribution in [0.4, 0.5) is 0 Å². The molecule has 0 atom stereocenters. The molecule has 0 aromatic heterocycles. The van der Waals surface area contributed by atoms with Gasteiger partial charge in [-0.3, -0.25) is 4.90 Å². The maximum atomic E-state index is 2.66. The molecule has 2 bridgehead atoms. The van der Waals surface area contributed by atoms with Crippen LogP contribution in [0.2, 0.25) is 0 Å². The molecule has 3 saturated heterocycles. The van der Waals surface area contributed by atoms with E-state index in [4.69, 9.17) is 0 Å². The first-order valence-electron chi connectivity index (χ1n) is 7.10. The highest BCUT2D eigenvalue weighted by atomic mass is 15.3. The van der Waals surface area contributed by atoms with E-state index in [0.29, 0.717) is 0 Å². The van der Waals surface area contributed by atoms with Gasteiger partial charge in [-0.15, -0.1) is 0 Å². The van der Waals surface area contributed by atoms with Gasteiger partial charge in [0.25, 0.3) is 0 Å². The molecule has 2 heteroatoms. The van der Waals surface area contributed by atoms with Crippen molar-refractivity contribution in [3.05, 3.63) is 42.0 Å². The van der Waals surface area contributed by atoms with Crippen LogP contribution >= 0.6 is 0 Å². The van der Waals surface area contributed by atoms with Gasteiger partial charge in [0.1, 0.15) is 0 Å². The van der Waals surface area contributed by atoms with Crippen LogP contribution in [0, 0.1) is 0 Å². The van der Waals surface area contributed by atoms with E-state index in [9.17, 15) is 0 Å². The summed E-state index contributed by atoms with van der Waals surface area (Å²) in [6.07, 6.45) is 7.29. The van der Waals surface area contributed by atoms with Crippen molar-refractivity contribution in [2.24, 2.45) is 0 Å². The molecule has 96 valence electrons. The average Bonchev–Trinajstić information content (AvgIpc) is 2.74. The minimum absolute atomic E-state index is 0.823. The van der Waals surface area contributed by atoms with E-state index in [1.807, 2.05) is 0 Å². The van der Waals surface area contributed by atoms with Crippen molar-refractivity contribution in [3.8, 4) is 0 Å². The predicted molar refractivity (Wildman–Crippen MR) is 76.5 cm³/mol. The normalized spacial score (nSPS) is 28.7. The van der Waals surface area contributed by atoms with Gasteiger partial charge in [0.15, 0.2) is 0 Å². The number of benzene rings is 1. The monoisotopic (exact) mass is 242 g/mol. The third-order valence-corrected chi connectivity index (χ3v) is 4.23. The molecule has 0 N–H and O–H groups in total. The Morgan fingerprint density at radius 3 is 2.56 bits per heavy atom. The topological polar surface area (TPSA) is 6.48 Å². The Morgan fingerprint density at radius 1 is 1.00 bits per heavy atom. The van der Waals surface area contributed by atoms with Crippen molar-refractivity contribution in [2.45, 2.75) is 18.9 Å². The second-order valence-electron chi connectivity index (χ2n) is 5.38. The average molecular weight is 242 g/mol. The summed E-state index contributed by atoms with van der Waals surface area (Å²) < 4.78 is 0. The zero-order valence-corrected chi connectivity index (χ0v) is 11.0. The summed E-state index contributed by atoms with van der Waals surface area (Å²) in [6.45, 7) is 6.22. The molecule has 0 spiro atoms. The third-order valence-electron chi connectivity index (χ3n) is 4.23. The lowest BCUT2D eigenvalue weighted by Crippen LogP contribution is -2.37. The van der Waals surface area contributed by atoms with E-state index in [1.165, 1.54) is 44.6 Å². The zero-order chi connectivity index (χ0) is 12.2. The summed E-state index contributed by atoms with van der Waals surface area (Å²) in [5, 5.41) is 0. The fourth-order valence-electron chi connectivity index (χ4n) is 3.09. The molecule has 1 aromatic rings. The van der Waals surface area contributed by atoms with Gasteiger partial charge in [0, 0.05) is 25.7 Å². The highest BCUT2D eigenvalue weighted by Crippen LogP contribution is 2.20. The molecule has 3 aliphatic heterocycles. The molecule has 0 saturated carbocycles. The number of rotatable bonds is 3. The van der Waals surface area contributed by atoms with Gasteiger partial charge in [0.2, 0.25) is 0 Å². The molecular weight excluding hydrogens is 220 g/mol. The molecule has 3 heterocycles. The van der Waals surface area contributed by atoms with E-state index in [0.717, 1.165) is 12.6 Å². The van der Waals surface area contributed by atoms with E-state index in [2.05, 4.69) is 52.3 Å².